The van der Waals surface area contributed by atoms with Crippen LogP contribution in [0.25, 0.3) is 0 Å². The van der Waals surface area contributed by atoms with E-state index in [1.165, 1.54) is 25.7 Å². The zero-order chi connectivity index (χ0) is 12.5. The van der Waals surface area contributed by atoms with E-state index in [1.54, 1.807) is 7.11 Å². The van der Waals surface area contributed by atoms with Gasteiger partial charge in [-0.25, -0.2) is 0 Å². The molecule has 3 rings (SSSR count). The summed E-state index contributed by atoms with van der Waals surface area (Å²) >= 11 is 0. The number of nitrogens with one attached hydrogen (secondary N) is 1. The molecule has 1 aromatic carbocycles. The molecule has 3 unspecified atom stereocenters. The van der Waals surface area contributed by atoms with Crippen molar-refractivity contribution in [2.75, 3.05) is 12.4 Å². The van der Waals surface area contributed by atoms with Crippen LogP contribution in [0.15, 0.2) is 18.2 Å². The predicted molar refractivity (Wildman–Crippen MR) is 70.6 cm³/mol. The fourth-order valence-corrected chi connectivity index (χ4v) is 3.55. The van der Waals surface area contributed by atoms with E-state index in [9.17, 15) is 5.26 Å². The highest BCUT2D eigenvalue weighted by atomic mass is 16.5. The average Bonchev–Trinajstić information content (AvgIpc) is 3.01. The smallest absolute Gasteiger partial charge is 0.143 e. The van der Waals surface area contributed by atoms with Crippen LogP contribution in [0.3, 0.4) is 0 Å². The molecule has 0 heterocycles. The zero-order valence-corrected chi connectivity index (χ0v) is 10.6. The Bertz CT molecular complexity index is 492. The first kappa shape index (κ1) is 11.4. The Labute approximate surface area is 108 Å². The maximum absolute atomic E-state index is 9.20. The Kier molecular flexibility index (Phi) is 2.87. The summed E-state index contributed by atoms with van der Waals surface area (Å²) in [6.07, 6.45) is 5.32. The molecule has 0 saturated heterocycles. The molecule has 3 nitrogen and oxygen atoms in total. The largest absolute Gasteiger partial charge is 0.495 e. The molecule has 3 heteroatoms. The summed E-state index contributed by atoms with van der Waals surface area (Å²) in [7, 11) is 1.66. The van der Waals surface area contributed by atoms with Crippen LogP contribution in [0.1, 0.15) is 31.2 Å². The van der Waals surface area contributed by atoms with Gasteiger partial charge in [0.15, 0.2) is 0 Å². The summed E-state index contributed by atoms with van der Waals surface area (Å²) in [4.78, 5) is 0. The van der Waals surface area contributed by atoms with E-state index in [4.69, 9.17) is 4.74 Å². The van der Waals surface area contributed by atoms with E-state index in [0.717, 1.165) is 23.3 Å². The molecular weight excluding hydrogens is 224 g/mol. The third-order valence-corrected chi connectivity index (χ3v) is 4.43. The summed E-state index contributed by atoms with van der Waals surface area (Å²) in [5.74, 6) is 2.45. The van der Waals surface area contributed by atoms with Crippen LogP contribution in [-0.4, -0.2) is 13.2 Å². The first-order chi connectivity index (χ1) is 8.81. The lowest BCUT2D eigenvalue weighted by atomic mass is 9.95. The lowest BCUT2D eigenvalue weighted by Gasteiger charge is -2.25. The average molecular weight is 242 g/mol. The third-order valence-electron chi connectivity index (χ3n) is 4.43. The van der Waals surface area contributed by atoms with E-state index in [2.05, 4.69) is 11.4 Å². The van der Waals surface area contributed by atoms with E-state index in [0.29, 0.717) is 11.6 Å². The van der Waals surface area contributed by atoms with Gasteiger partial charge in [-0.1, -0.05) is 12.5 Å². The Morgan fingerprint density at radius 1 is 1.33 bits per heavy atom. The molecule has 1 N–H and O–H groups in total. The molecule has 0 amide bonds. The zero-order valence-electron chi connectivity index (χ0n) is 10.6. The van der Waals surface area contributed by atoms with Crippen molar-refractivity contribution in [1.29, 1.82) is 5.26 Å². The van der Waals surface area contributed by atoms with Crippen molar-refractivity contribution < 1.29 is 4.74 Å². The Morgan fingerprint density at radius 2 is 2.22 bits per heavy atom. The van der Waals surface area contributed by atoms with Gasteiger partial charge in [0.1, 0.15) is 11.8 Å². The molecule has 0 aliphatic heterocycles. The van der Waals surface area contributed by atoms with Gasteiger partial charge >= 0.3 is 0 Å². The molecule has 2 bridgehead atoms. The maximum Gasteiger partial charge on any atom is 0.143 e. The lowest BCUT2D eigenvalue weighted by molar-refractivity contribution is 0.410. The molecule has 3 atom stereocenters. The van der Waals surface area contributed by atoms with Gasteiger partial charge in [-0.05, 0) is 43.2 Å². The summed E-state index contributed by atoms with van der Waals surface area (Å²) in [5, 5.41) is 12.8. The normalized spacial score (nSPS) is 29.0. The van der Waals surface area contributed by atoms with Gasteiger partial charge in [-0.2, -0.15) is 5.26 Å². The topological polar surface area (TPSA) is 45.0 Å². The van der Waals surface area contributed by atoms with Crippen LogP contribution < -0.4 is 10.1 Å². The van der Waals surface area contributed by atoms with Gasteiger partial charge in [0.05, 0.1) is 18.4 Å². The van der Waals surface area contributed by atoms with E-state index in [-0.39, 0.29) is 0 Å². The molecule has 0 spiro atoms. The van der Waals surface area contributed by atoms with Crippen molar-refractivity contribution in [1.82, 2.24) is 0 Å². The van der Waals surface area contributed by atoms with Crippen LogP contribution in [0.2, 0.25) is 0 Å². The maximum atomic E-state index is 9.20. The van der Waals surface area contributed by atoms with Gasteiger partial charge in [-0.3, -0.25) is 0 Å². The molecule has 18 heavy (non-hydrogen) atoms. The summed E-state index contributed by atoms with van der Waals surface area (Å²) in [6, 6.07) is 8.39. The number of para-hydroxylation sites is 1. The van der Waals surface area contributed by atoms with E-state index >= 15 is 0 Å². The standard InChI is InChI=1S/C15H18N2O/c1-18-14-4-2-3-12(9-16)15(14)17-13-8-10-5-6-11(13)7-10/h2-4,10-11,13,17H,5-8H2,1H3. The second kappa shape index (κ2) is 4.53. The molecule has 2 saturated carbocycles. The highest BCUT2D eigenvalue weighted by molar-refractivity contribution is 5.66. The SMILES string of the molecule is COc1cccc(C#N)c1NC1CC2CCC1C2. The van der Waals surface area contributed by atoms with Gasteiger partial charge in [0.25, 0.3) is 0 Å². The van der Waals surface area contributed by atoms with E-state index < -0.39 is 0 Å². The van der Waals surface area contributed by atoms with Gasteiger partial charge in [0.2, 0.25) is 0 Å². The molecule has 2 aliphatic rings. The molecular formula is C15H18N2O. The van der Waals surface area contributed by atoms with Crippen molar-refractivity contribution in [3.63, 3.8) is 0 Å². The number of fused-ring (bicyclic) bond motifs is 2. The Morgan fingerprint density at radius 3 is 2.83 bits per heavy atom. The monoisotopic (exact) mass is 242 g/mol. The van der Waals surface area contributed by atoms with Crippen molar-refractivity contribution >= 4 is 5.69 Å². The number of hydrogen-bond donors (Lipinski definition) is 1. The second-order valence-electron chi connectivity index (χ2n) is 5.42. The van der Waals surface area contributed by atoms with Gasteiger partial charge < -0.3 is 10.1 Å². The van der Waals surface area contributed by atoms with Gasteiger partial charge in [0, 0.05) is 6.04 Å². The van der Waals surface area contributed by atoms with Crippen molar-refractivity contribution in [2.24, 2.45) is 11.8 Å². The number of rotatable bonds is 3. The summed E-state index contributed by atoms with van der Waals surface area (Å²) in [5.41, 5.74) is 1.55. The van der Waals surface area contributed by atoms with Crippen molar-refractivity contribution in [3.05, 3.63) is 23.8 Å². The second-order valence-corrected chi connectivity index (χ2v) is 5.42. The summed E-state index contributed by atoms with van der Waals surface area (Å²) in [6.45, 7) is 0. The lowest BCUT2D eigenvalue weighted by Crippen LogP contribution is -2.26. The Balaban J connectivity index is 1.86. The minimum atomic E-state index is 0.521. The van der Waals surface area contributed by atoms with Crippen LogP contribution in [0.4, 0.5) is 5.69 Å². The molecule has 0 radical (unpaired) electrons. The first-order valence-corrected chi connectivity index (χ1v) is 6.65. The molecule has 0 aromatic heterocycles. The minimum Gasteiger partial charge on any atom is -0.495 e. The predicted octanol–water partition coefficient (Wildman–Crippen LogP) is 3.17. The third kappa shape index (κ3) is 1.82. The number of hydrogen-bond acceptors (Lipinski definition) is 3. The molecule has 2 fully saturated rings. The van der Waals surface area contributed by atoms with Gasteiger partial charge in [-0.15, -0.1) is 0 Å². The number of nitriles is 1. The van der Waals surface area contributed by atoms with Crippen LogP contribution in [-0.2, 0) is 0 Å². The number of benzene rings is 1. The number of nitrogens with zero attached hydrogens (tertiary/aromatic N) is 1. The molecule has 1 aromatic rings. The first-order valence-electron chi connectivity index (χ1n) is 6.65. The highest BCUT2D eigenvalue weighted by Gasteiger charge is 2.39. The molecule has 94 valence electrons. The fourth-order valence-electron chi connectivity index (χ4n) is 3.55. The van der Waals surface area contributed by atoms with E-state index in [1.807, 2.05) is 18.2 Å². The Hall–Kier alpha value is -1.69. The quantitative estimate of drug-likeness (QED) is 0.885. The van der Waals surface area contributed by atoms with Crippen LogP contribution in [0.5, 0.6) is 5.75 Å². The fraction of sp³-hybridized carbons (Fsp3) is 0.533. The van der Waals surface area contributed by atoms with Crippen LogP contribution >= 0.6 is 0 Å². The number of methoxy groups -OCH3 is 1. The number of anilines is 1. The summed E-state index contributed by atoms with van der Waals surface area (Å²) < 4.78 is 5.36. The minimum absolute atomic E-state index is 0.521. The number of ether oxygens (including phenoxy) is 1. The highest BCUT2D eigenvalue weighted by Crippen LogP contribution is 2.46. The molecule has 2 aliphatic carbocycles. The van der Waals surface area contributed by atoms with Crippen molar-refractivity contribution in [2.45, 2.75) is 31.7 Å². The van der Waals surface area contributed by atoms with Crippen LogP contribution in [0, 0.1) is 23.2 Å². The van der Waals surface area contributed by atoms with Crippen molar-refractivity contribution in [3.8, 4) is 11.8 Å².